The molecule has 0 aromatic carbocycles. The number of amides is 1. The summed E-state index contributed by atoms with van der Waals surface area (Å²) in [4.78, 5) is 12.3. The molecule has 0 aliphatic heterocycles. The normalized spacial score (nSPS) is 15.5. The van der Waals surface area contributed by atoms with Gasteiger partial charge in [-0.25, -0.2) is 0 Å². The van der Waals surface area contributed by atoms with Crippen molar-refractivity contribution in [1.29, 1.82) is 0 Å². The molecule has 216 valence electrons. The maximum Gasteiger partial charge on any atom is 0.249 e. The number of carbonyl (C=O) groups is 1. The average molecular weight is 524 g/mol. The molecule has 0 heterocycles. The molecule has 0 spiro atoms. The van der Waals surface area contributed by atoms with Crippen molar-refractivity contribution in [2.75, 3.05) is 6.61 Å². The minimum Gasteiger partial charge on any atom is -0.394 e. The molecule has 0 bridgehead atoms. The Morgan fingerprint density at radius 2 is 1.16 bits per heavy atom. The zero-order chi connectivity index (χ0) is 27.6. The van der Waals surface area contributed by atoms with Crippen LogP contribution in [0.2, 0.25) is 0 Å². The highest BCUT2D eigenvalue weighted by atomic mass is 16.3. The first-order valence-electron chi connectivity index (χ1n) is 14.9. The SMILES string of the molecule is CCCC/C=C\CCCCCC(O)C(=O)NC(CO)C(O)C(O)CCC/C=C/CC/C=C/CCCCC. The molecule has 0 aromatic rings. The number of carbonyl (C=O) groups excluding carboxylic acids is 1. The van der Waals surface area contributed by atoms with Crippen LogP contribution >= 0.6 is 0 Å². The van der Waals surface area contributed by atoms with Gasteiger partial charge in [-0.2, -0.15) is 0 Å². The van der Waals surface area contributed by atoms with Crippen molar-refractivity contribution in [3.05, 3.63) is 36.5 Å². The Morgan fingerprint density at radius 3 is 1.73 bits per heavy atom. The van der Waals surface area contributed by atoms with E-state index in [0.29, 0.717) is 19.3 Å². The number of rotatable bonds is 25. The topological polar surface area (TPSA) is 110 Å². The van der Waals surface area contributed by atoms with Gasteiger partial charge in [-0.1, -0.05) is 88.8 Å². The summed E-state index contributed by atoms with van der Waals surface area (Å²) in [5.41, 5.74) is 0. The van der Waals surface area contributed by atoms with E-state index in [1.165, 1.54) is 32.1 Å². The molecular weight excluding hydrogens is 466 g/mol. The van der Waals surface area contributed by atoms with Gasteiger partial charge in [0.1, 0.15) is 12.2 Å². The summed E-state index contributed by atoms with van der Waals surface area (Å²) in [5.74, 6) is -0.618. The molecule has 0 aliphatic rings. The van der Waals surface area contributed by atoms with Crippen molar-refractivity contribution >= 4 is 5.91 Å². The molecular formula is C31H57NO5. The number of allylic oxidation sites excluding steroid dienone is 6. The Balaban J connectivity index is 4.06. The van der Waals surface area contributed by atoms with Gasteiger partial charge in [0.25, 0.3) is 0 Å². The van der Waals surface area contributed by atoms with E-state index in [-0.39, 0.29) is 0 Å². The fraction of sp³-hybridized carbons (Fsp3) is 0.774. The summed E-state index contributed by atoms with van der Waals surface area (Å²) in [7, 11) is 0. The largest absolute Gasteiger partial charge is 0.394 e. The molecule has 6 nitrogen and oxygen atoms in total. The molecule has 0 saturated carbocycles. The summed E-state index contributed by atoms with van der Waals surface area (Å²) < 4.78 is 0. The van der Waals surface area contributed by atoms with Crippen LogP contribution < -0.4 is 5.32 Å². The highest BCUT2D eigenvalue weighted by molar-refractivity contribution is 5.80. The highest BCUT2D eigenvalue weighted by Gasteiger charge is 2.28. The zero-order valence-electron chi connectivity index (χ0n) is 23.7. The third kappa shape index (κ3) is 21.2. The molecule has 0 rings (SSSR count). The summed E-state index contributed by atoms with van der Waals surface area (Å²) in [5, 5.41) is 43.0. The quantitative estimate of drug-likeness (QED) is 0.0757. The van der Waals surface area contributed by atoms with Gasteiger partial charge in [0, 0.05) is 0 Å². The molecule has 4 unspecified atom stereocenters. The Hall–Kier alpha value is -1.47. The fourth-order valence-corrected chi connectivity index (χ4v) is 4.04. The van der Waals surface area contributed by atoms with Gasteiger partial charge >= 0.3 is 0 Å². The number of aliphatic hydroxyl groups is 4. The molecule has 0 aliphatic carbocycles. The molecule has 0 radical (unpaired) electrons. The maximum atomic E-state index is 12.3. The first kappa shape index (κ1) is 35.5. The first-order chi connectivity index (χ1) is 18.0. The van der Waals surface area contributed by atoms with E-state index in [1.807, 2.05) is 0 Å². The van der Waals surface area contributed by atoms with Crippen molar-refractivity contribution in [3.8, 4) is 0 Å². The average Bonchev–Trinajstić information content (AvgIpc) is 2.90. The Bertz CT molecular complexity index is 604. The van der Waals surface area contributed by atoms with Gasteiger partial charge in [0.15, 0.2) is 0 Å². The molecule has 4 atom stereocenters. The molecule has 5 N–H and O–H groups in total. The third-order valence-electron chi connectivity index (χ3n) is 6.55. The number of nitrogens with one attached hydrogen (secondary N) is 1. The lowest BCUT2D eigenvalue weighted by atomic mass is 10.00. The maximum absolute atomic E-state index is 12.3. The first-order valence-corrected chi connectivity index (χ1v) is 14.9. The van der Waals surface area contributed by atoms with Crippen LogP contribution in [0.4, 0.5) is 0 Å². The number of hydrogen-bond donors (Lipinski definition) is 5. The third-order valence-corrected chi connectivity index (χ3v) is 6.55. The van der Waals surface area contributed by atoms with Gasteiger partial charge < -0.3 is 25.7 Å². The van der Waals surface area contributed by atoms with E-state index in [2.05, 4.69) is 55.6 Å². The summed E-state index contributed by atoms with van der Waals surface area (Å²) in [6, 6.07) is -1.01. The lowest BCUT2D eigenvalue weighted by Crippen LogP contribution is -2.53. The molecule has 1 amide bonds. The molecule has 0 saturated heterocycles. The molecule has 37 heavy (non-hydrogen) atoms. The van der Waals surface area contributed by atoms with Crippen molar-refractivity contribution in [3.63, 3.8) is 0 Å². The van der Waals surface area contributed by atoms with E-state index >= 15 is 0 Å². The van der Waals surface area contributed by atoms with E-state index in [4.69, 9.17) is 0 Å². The minimum absolute atomic E-state index is 0.336. The summed E-state index contributed by atoms with van der Waals surface area (Å²) >= 11 is 0. The summed E-state index contributed by atoms with van der Waals surface area (Å²) in [6.45, 7) is 3.88. The van der Waals surface area contributed by atoms with E-state index < -0.39 is 36.9 Å². The van der Waals surface area contributed by atoms with Crippen molar-refractivity contribution < 1.29 is 25.2 Å². The van der Waals surface area contributed by atoms with Gasteiger partial charge in [-0.05, 0) is 70.6 Å². The second-order valence-corrected chi connectivity index (χ2v) is 10.1. The highest BCUT2D eigenvalue weighted by Crippen LogP contribution is 2.11. The van der Waals surface area contributed by atoms with Crippen LogP contribution in [0.1, 0.15) is 123 Å². The predicted octanol–water partition coefficient (Wildman–Crippen LogP) is 5.89. The number of unbranched alkanes of at least 4 members (excludes halogenated alkanes) is 10. The van der Waals surface area contributed by atoms with Crippen molar-refractivity contribution in [2.45, 2.75) is 147 Å². The van der Waals surface area contributed by atoms with E-state index in [9.17, 15) is 25.2 Å². The van der Waals surface area contributed by atoms with Crippen LogP contribution in [0.3, 0.4) is 0 Å². The number of hydrogen-bond acceptors (Lipinski definition) is 5. The second-order valence-electron chi connectivity index (χ2n) is 10.1. The van der Waals surface area contributed by atoms with Crippen LogP contribution in [0.15, 0.2) is 36.5 Å². The van der Waals surface area contributed by atoms with Gasteiger partial charge in [-0.3, -0.25) is 4.79 Å². The van der Waals surface area contributed by atoms with Gasteiger partial charge in [-0.15, -0.1) is 0 Å². The second kappa shape index (κ2) is 26.1. The molecule has 0 aromatic heterocycles. The van der Waals surface area contributed by atoms with Crippen LogP contribution in [0, 0.1) is 0 Å². The van der Waals surface area contributed by atoms with Gasteiger partial charge in [0.2, 0.25) is 5.91 Å². The predicted molar refractivity (Wildman–Crippen MR) is 154 cm³/mol. The van der Waals surface area contributed by atoms with E-state index in [0.717, 1.165) is 57.8 Å². The van der Waals surface area contributed by atoms with Crippen LogP contribution in [0.25, 0.3) is 0 Å². The monoisotopic (exact) mass is 523 g/mol. The standard InChI is InChI=1S/C31H57NO5/c1-3-5-7-9-11-13-14-15-17-18-20-22-24-28(34)30(36)27(26-33)32-31(37)29(35)25-23-21-19-16-12-10-8-6-4-2/h10-13,17-18,27-30,33-36H,3-9,14-16,19-26H2,1-2H3,(H,32,37)/b12-10-,13-11+,18-17+. The van der Waals surface area contributed by atoms with E-state index in [1.54, 1.807) is 0 Å². The Labute approximate surface area is 227 Å². The zero-order valence-corrected chi connectivity index (χ0v) is 23.7. The lowest BCUT2D eigenvalue weighted by Gasteiger charge is -2.27. The van der Waals surface area contributed by atoms with Crippen LogP contribution in [-0.4, -0.2) is 57.3 Å². The molecule has 6 heteroatoms. The van der Waals surface area contributed by atoms with Crippen molar-refractivity contribution in [1.82, 2.24) is 5.32 Å². The van der Waals surface area contributed by atoms with Crippen LogP contribution in [-0.2, 0) is 4.79 Å². The van der Waals surface area contributed by atoms with Crippen molar-refractivity contribution in [2.24, 2.45) is 0 Å². The summed E-state index contributed by atoms with van der Waals surface area (Å²) in [6.07, 6.45) is 26.0. The number of aliphatic hydroxyl groups excluding tert-OH is 4. The Morgan fingerprint density at radius 1 is 0.649 bits per heavy atom. The fourth-order valence-electron chi connectivity index (χ4n) is 4.04. The minimum atomic E-state index is -1.29. The van der Waals surface area contributed by atoms with Crippen LogP contribution in [0.5, 0.6) is 0 Å². The Kier molecular flexibility index (Phi) is 25.1. The smallest absolute Gasteiger partial charge is 0.249 e. The molecule has 0 fully saturated rings. The van der Waals surface area contributed by atoms with Gasteiger partial charge in [0.05, 0.1) is 18.8 Å². The lowest BCUT2D eigenvalue weighted by molar-refractivity contribution is -0.132.